The number of anilines is 1. The fourth-order valence-corrected chi connectivity index (χ4v) is 2.46. The van der Waals surface area contributed by atoms with E-state index in [4.69, 9.17) is 17.3 Å². The van der Waals surface area contributed by atoms with Crippen molar-refractivity contribution in [1.82, 2.24) is 0 Å². The Morgan fingerprint density at radius 3 is 2.90 bits per heavy atom. The van der Waals surface area contributed by atoms with Crippen LogP contribution >= 0.6 is 23.4 Å². The predicted molar refractivity (Wildman–Crippen MR) is 82.0 cm³/mol. The van der Waals surface area contributed by atoms with Gasteiger partial charge in [-0.05, 0) is 18.2 Å². The summed E-state index contributed by atoms with van der Waals surface area (Å²) >= 11 is 7.25. The van der Waals surface area contributed by atoms with Crippen molar-refractivity contribution in [2.45, 2.75) is 12.5 Å². The van der Waals surface area contributed by atoms with Gasteiger partial charge in [-0.25, -0.2) is 0 Å². The maximum atomic E-state index is 11.7. The molecule has 1 aromatic carbocycles. The SMILES string of the molecule is COC(=O)C(N)CSCCC(=O)Nc1cccc(Cl)c1. The fraction of sp³-hybridized carbons (Fsp3) is 0.385. The molecular formula is C13H17ClN2O3S. The van der Waals surface area contributed by atoms with Crippen LogP contribution in [0.1, 0.15) is 6.42 Å². The van der Waals surface area contributed by atoms with Gasteiger partial charge in [0.1, 0.15) is 6.04 Å². The molecule has 5 nitrogen and oxygen atoms in total. The molecule has 1 atom stereocenters. The molecule has 1 amide bonds. The lowest BCUT2D eigenvalue weighted by Gasteiger charge is -2.09. The molecule has 1 rings (SSSR count). The molecule has 0 spiro atoms. The van der Waals surface area contributed by atoms with Crippen molar-refractivity contribution in [3.05, 3.63) is 29.3 Å². The van der Waals surface area contributed by atoms with Crippen LogP contribution in [0.5, 0.6) is 0 Å². The van der Waals surface area contributed by atoms with E-state index >= 15 is 0 Å². The summed E-state index contributed by atoms with van der Waals surface area (Å²) in [6.07, 6.45) is 0.338. The topological polar surface area (TPSA) is 81.4 Å². The van der Waals surface area contributed by atoms with Gasteiger partial charge in [-0.3, -0.25) is 9.59 Å². The summed E-state index contributed by atoms with van der Waals surface area (Å²) in [6, 6.07) is 6.30. The monoisotopic (exact) mass is 316 g/mol. The second-order valence-corrected chi connectivity index (χ2v) is 5.60. The number of hydrogen-bond acceptors (Lipinski definition) is 5. The van der Waals surface area contributed by atoms with E-state index in [9.17, 15) is 9.59 Å². The predicted octanol–water partition coefficient (Wildman–Crippen LogP) is 1.90. The Kier molecular flexibility index (Phi) is 7.43. The maximum absolute atomic E-state index is 11.7. The number of carbonyl (C=O) groups is 2. The largest absolute Gasteiger partial charge is 0.468 e. The summed E-state index contributed by atoms with van der Waals surface area (Å²) in [4.78, 5) is 22.7. The Hall–Kier alpha value is -1.24. The zero-order chi connectivity index (χ0) is 15.0. The van der Waals surface area contributed by atoms with Crippen LogP contribution in [0.2, 0.25) is 5.02 Å². The third-order valence-electron chi connectivity index (χ3n) is 2.38. The molecule has 0 saturated carbocycles. The highest BCUT2D eigenvalue weighted by molar-refractivity contribution is 7.99. The fourth-order valence-electron chi connectivity index (χ4n) is 1.38. The van der Waals surface area contributed by atoms with Crippen LogP contribution in [0, 0.1) is 0 Å². The van der Waals surface area contributed by atoms with E-state index in [0.29, 0.717) is 28.6 Å². The van der Waals surface area contributed by atoms with Crippen molar-refractivity contribution in [2.75, 3.05) is 23.9 Å². The van der Waals surface area contributed by atoms with Crippen molar-refractivity contribution >= 4 is 40.9 Å². The molecule has 0 heterocycles. The van der Waals surface area contributed by atoms with Crippen molar-refractivity contribution in [1.29, 1.82) is 0 Å². The van der Waals surface area contributed by atoms with Gasteiger partial charge in [0.15, 0.2) is 0 Å². The minimum atomic E-state index is -0.652. The van der Waals surface area contributed by atoms with Crippen LogP contribution < -0.4 is 11.1 Å². The molecule has 7 heteroatoms. The number of rotatable bonds is 7. The molecular weight excluding hydrogens is 300 g/mol. The Morgan fingerprint density at radius 2 is 2.25 bits per heavy atom. The van der Waals surface area contributed by atoms with Gasteiger partial charge in [0, 0.05) is 28.6 Å². The normalized spacial score (nSPS) is 11.8. The molecule has 0 saturated heterocycles. The molecule has 0 aromatic heterocycles. The second-order valence-electron chi connectivity index (χ2n) is 4.01. The quantitative estimate of drug-likeness (QED) is 0.593. The third kappa shape index (κ3) is 6.27. The van der Waals surface area contributed by atoms with E-state index in [1.807, 2.05) is 0 Å². The number of halogens is 1. The van der Waals surface area contributed by atoms with E-state index in [1.165, 1.54) is 18.9 Å². The van der Waals surface area contributed by atoms with Crippen LogP contribution in [0.25, 0.3) is 0 Å². The first kappa shape index (κ1) is 16.8. The lowest BCUT2D eigenvalue weighted by molar-refractivity contribution is -0.141. The number of hydrogen-bond donors (Lipinski definition) is 2. The summed E-state index contributed by atoms with van der Waals surface area (Å²) in [6.45, 7) is 0. The summed E-state index contributed by atoms with van der Waals surface area (Å²) in [7, 11) is 1.30. The van der Waals surface area contributed by atoms with Gasteiger partial charge in [0.2, 0.25) is 5.91 Å². The molecule has 0 bridgehead atoms. The summed E-state index contributed by atoms with van der Waals surface area (Å²) in [5.74, 6) is 0.459. The number of esters is 1. The minimum Gasteiger partial charge on any atom is -0.468 e. The van der Waals surface area contributed by atoms with Crippen LogP contribution in [0.3, 0.4) is 0 Å². The van der Waals surface area contributed by atoms with Crippen LogP contribution in [0.4, 0.5) is 5.69 Å². The van der Waals surface area contributed by atoms with Gasteiger partial charge in [0.25, 0.3) is 0 Å². The molecule has 1 aromatic rings. The highest BCUT2D eigenvalue weighted by Gasteiger charge is 2.13. The first-order valence-electron chi connectivity index (χ1n) is 5.99. The third-order valence-corrected chi connectivity index (χ3v) is 3.71. The average Bonchev–Trinajstić information content (AvgIpc) is 2.42. The van der Waals surface area contributed by atoms with Crippen LogP contribution in [-0.2, 0) is 14.3 Å². The van der Waals surface area contributed by atoms with Crippen molar-refractivity contribution < 1.29 is 14.3 Å². The average molecular weight is 317 g/mol. The van der Waals surface area contributed by atoms with E-state index in [1.54, 1.807) is 24.3 Å². The summed E-state index contributed by atoms with van der Waals surface area (Å²) < 4.78 is 4.51. The number of carbonyl (C=O) groups excluding carboxylic acids is 2. The number of methoxy groups -OCH3 is 1. The number of benzene rings is 1. The highest BCUT2D eigenvalue weighted by atomic mass is 35.5. The van der Waals surface area contributed by atoms with E-state index in [2.05, 4.69) is 10.1 Å². The molecule has 0 fully saturated rings. The molecule has 20 heavy (non-hydrogen) atoms. The van der Waals surface area contributed by atoms with Crippen molar-refractivity contribution in [3.63, 3.8) is 0 Å². The molecule has 3 N–H and O–H groups in total. The van der Waals surface area contributed by atoms with Gasteiger partial charge in [-0.1, -0.05) is 17.7 Å². The molecule has 0 aliphatic carbocycles. The minimum absolute atomic E-state index is 0.105. The summed E-state index contributed by atoms with van der Waals surface area (Å²) in [5, 5.41) is 3.32. The Bertz CT molecular complexity index is 471. The van der Waals surface area contributed by atoms with Crippen LogP contribution in [-0.4, -0.2) is 36.5 Å². The molecule has 1 unspecified atom stereocenters. The number of amides is 1. The van der Waals surface area contributed by atoms with Gasteiger partial charge < -0.3 is 15.8 Å². The van der Waals surface area contributed by atoms with Crippen LogP contribution in [0.15, 0.2) is 24.3 Å². The number of nitrogens with two attached hydrogens (primary N) is 1. The van der Waals surface area contributed by atoms with Gasteiger partial charge in [-0.2, -0.15) is 11.8 Å². The maximum Gasteiger partial charge on any atom is 0.323 e. The number of ether oxygens (including phenoxy) is 1. The zero-order valence-electron chi connectivity index (χ0n) is 11.1. The number of thioether (sulfide) groups is 1. The Labute approximate surface area is 127 Å². The smallest absolute Gasteiger partial charge is 0.323 e. The lowest BCUT2D eigenvalue weighted by Crippen LogP contribution is -2.34. The van der Waals surface area contributed by atoms with E-state index in [0.717, 1.165) is 0 Å². The zero-order valence-corrected chi connectivity index (χ0v) is 12.7. The lowest BCUT2D eigenvalue weighted by atomic mass is 10.3. The molecule has 110 valence electrons. The molecule has 0 aliphatic heterocycles. The van der Waals surface area contributed by atoms with Gasteiger partial charge in [-0.15, -0.1) is 0 Å². The van der Waals surface area contributed by atoms with Gasteiger partial charge >= 0.3 is 5.97 Å². The second kappa shape index (κ2) is 8.84. The Morgan fingerprint density at radius 1 is 1.50 bits per heavy atom. The van der Waals surface area contributed by atoms with Gasteiger partial charge in [0.05, 0.1) is 7.11 Å². The molecule has 0 radical (unpaired) electrons. The van der Waals surface area contributed by atoms with Crippen molar-refractivity contribution in [3.8, 4) is 0 Å². The van der Waals surface area contributed by atoms with Crippen molar-refractivity contribution in [2.24, 2.45) is 5.73 Å². The summed E-state index contributed by atoms with van der Waals surface area (Å²) in [5.41, 5.74) is 6.24. The number of nitrogens with one attached hydrogen (secondary N) is 1. The first-order valence-corrected chi connectivity index (χ1v) is 7.52. The van der Waals surface area contributed by atoms with E-state index < -0.39 is 12.0 Å². The van der Waals surface area contributed by atoms with E-state index in [-0.39, 0.29) is 5.91 Å². The Balaban J connectivity index is 2.22. The first-order chi connectivity index (χ1) is 9.52. The standard InChI is InChI=1S/C13H17ClN2O3S/c1-19-13(18)11(15)8-20-6-5-12(17)16-10-4-2-3-9(14)7-10/h2-4,7,11H,5-6,8,15H2,1H3,(H,16,17). The molecule has 0 aliphatic rings. The highest BCUT2D eigenvalue weighted by Crippen LogP contribution is 2.15.